The molecule has 0 atom stereocenters. The van der Waals surface area contributed by atoms with Gasteiger partial charge in [0.25, 0.3) is 5.91 Å². The average molecular weight is 572 g/mol. The first-order chi connectivity index (χ1) is 19.4. The second kappa shape index (κ2) is 11.0. The molecular weight excluding hydrogens is 543 g/mol. The average Bonchev–Trinajstić information content (AvgIpc) is 3.33. The van der Waals surface area contributed by atoms with Crippen LogP contribution in [0.2, 0.25) is 10.0 Å². The molecule has 3 N–H and O–H groups in total. The number of carbonyl (C=O) groups excluding carboxylic acids is 2. The fourth-order valence-electron chi connectivity index (χ4n) is 5.73. The van der Waals surface area contributed by atoms with Crippen LogP contribution < -0.4 is 11.1 Å². The van der Waals surface area contributed by atoms with Crippen molar-refractivity contribution >= 4 is 35.0 Å². The van der Waals surface area contributed by atoms with Gasteiger partial charge in [-0.2, -0.15) is 0 Å². The second-order valence-corrected chi connectivity index (χ2v) is 11.3. The van der Waals surface area contributed by atoms with Gasteiger partial charge >= 0.3 is 0 Å². The van der Waals surface area contributed by atoms with Crippen molar-refractivity contribution in [1.82, 2.24) is 15.2 Å². The molecule has 1 aromatic heterocycles. The van der Waals surface area contributed by atoms with Crippen molar-refractivity contribution in [2.75, 3.05) is 13.1 Å². The summed E-state index contributed by atoms with van der Waals surface area (Å²) in [4.78, 5) is 32.2. The Morgan fingerprint density at radius 3 is 2.40 bits per heavy atom. The Morgan fingerprint density at radius 2 is 1.68 bits per heavy atom. The normalized spacial score (nSPS) is 14.9. The standard InChI is InChI=1S/C32H28Cl2N4O2/c33-29-4-3-20(17-30(29)34)23-15-26-25-14-22(2-1-21(25)13-27(26)28(16-23)31(35)39)32(40)37-24-7-11-38(12-8-24)18-19-5-9-36-10-6-19/h1-6,9-10,14-17,24H,7-8,11-13,18H2,(H2,35,39)(H,37,40). The fourth-order valence-corrected chi connectivity index (χ4v) is 6.03. The van der Waals surface area contributed by atoms with Crippen LogP contribution in [0.5, 0.6) is 0 Å². The van der Waals surface area contributed by atoms with Crippen molar-refractivity contribution in [2.45, 2.75) is 31.8 Å². The third-order valence-electron chi connectivity index (χ3n) is 7.88. The molecule has 6 rings (SSSR count). The van der Waals surface area contributed by atoms with E-state index in [1.165, 1.54) is 5.56 Å². The van der Waals surface area contributed by atoms with E-state index in [4.69, 9.17) is 28.9 Å². The van der Waals surface area contributed by atoms with Gasteiger partial charge in [0.1, 0.15) is 0 Å². The van der Waals surface area contributed by atoms with Crippen LogP contribution in [0, 0.1) is 0 Å². The van der Waals surface area contributed by atoms with Crippen LogP contribution in [-0.4, -0.2) is 40.8 Å². The van der Waals surface area contributed by atoms with Crippen molar-refractivity contribution in [3.63, 3.8) is 0 Å². The molecule has 1 saturated heterocycles. The van der Waals surface area contributed by atoms with Gasteiger partial charge in [-0.05, 0) is 107 Å². The summed E-state index contributed by atoms with van der Waals surface area (Å²) in [5, 5.41) is 4.13. The number of nitrogens with one attached hydrogen (secondary N) is 1. The van der Waals surface area contributed by atoms with Crippen LogP contribution in [0.15, 0.2) is 73.1 Å². The largest absolute Gasteiger partial charge is 0.366 e. The highest BCUT2D eigenvalue weighted by atomic mass is 35.5. The lowest BCUT2D eigenvalue weighted by Crippen LogP contribution is -2.44. The number of piperidine rings is 1. The van der Waals surface area contributed by atoms with E-state index in [0.717, 1.165) is 65.9 Å². The maximum atomic E-state index is 13.3. The van der Waals surface area contributed by atoms with Gasteiger partial charge < -0.3 is 11.1 Å². The zero-order chi connectivity index (χ0) is 27.8. The highest BCUT2D eigenvalue weighted by Crippen LogP contribution is 2.42. The number of likely N-dealkylation sites (tertiary alicyclic amines) is 1. The molecule has 40 heavy (non-hydrogen) atoms. The van der Waals surface area contributed by atoms with Gasteiger partial charge in [-0.3, -0.25) is 19.5 Å². The summed E-state index contributed by atoms with van der Waals surface area (Å²) in [6.07, 6.45) is 6.03. The summed E-state index contributed by atoms with van der Waals surface area (Å²) in [5.74, 6) is -0.571. The second-order valence-electron chi connectivity index (χ2n) is 10.5. The number of pyridine rings is 1. The van der Waals surface area contributed by atoms with Gasteiger partial charge in [0.05, 0.1) is 10.0 Å². The zero-order valence-electron chi connectivity index (χ0n) is 21.8. The van der Waals surface area contributed by atoms with E-state index in [1.54, 1.807) is 18.2 Å². The molecule has 2 aliphatic rings. The maximum absolute atomic E-state index is 13.3. The Bertz CT molecular complexity index is 1620. The zero-order valence-corrected chi connectivity index (χ0v) is 23.3. The number of benzene rings is 3. The van der Waals surface area contributed by atoms with E-state index >= 15 is 0 Å². The topological polar surface area (TPSA) is 88.3 Å². The van der Waals surface area contributed by atoms with Crippen LogP contribution in [0.25, 0.3) is 22.3 Å². The minimum atomic E-state index is -0.487. The lowest BCUT2D eigenvalue weighted by molar-refractivity contribution is 0.0908. The van der Waals surface area contributed by atoms with E-state index in [-0.39, 0.29) is 11.9 Å². The number of hydrogen-bond donors (Lipinski definition) is 2. The van der Waals surface area contributed by atoms with Crippen LogP contribution in [-0.2, 0) is 13.0 Å². The van der Waals surface area contributed by atoms with Crippen molar-refractivity contribution in [3.05, 3.63) is 111 Å². The van der Waals surface area contributed by atoms with E-state index < -0.39 is 5.91 Å². The lowest BCUT2D eigenvalue weighted by atomic mass is 9.93. The Balaban J connectivity index is 1.21. The van der Waals surface area contributed by atoms with Gasteiger partial charge in [0, 0.05) is 49.2 Å². The number of primary amides is 1. The van der Waals surface area contributed by atoms with Crippen molar-refractivity contribution in [2.24, 2.45) is 5.73 Å². The molecule has 202 valence electrons. The summed E-state index contributed by atoms with van der Waals surface area (Å²) < 4.78 is 0. The molecule has 2 amide bonds. The van der Waals surface area contributed by atoms with E-state index in [9.17, 15) is 9.59 Å². The predicted octanol–water partition coefficient (Wildman–Crippen LogP) is 6.12. The van der Waals surface area contributed by atoms with Gasteiger partial charge in [-0.1, -0.05) is 35.3 Å². The first-order valence-corrected chi connectivity index (χ1v) is 14.1. The molecule has 3 aromatic carbocycles. The minimum absolute atomic E-state index is 0.0837. The van der Waals surface area contributed by atoms with Crippen molar-refractivity contribution < 1.29 is 9.59 Å². The van der Waals surface area contributed by atoms with Gasteiger partial charge in [0.15, 0.2) is 0 Å². The van der Waals surface area contributed by atoms with Crippen LogP contribution in [0.1, 0.15) is 50.2 Å². The van der Waals surface area contributed by atoms with Gasteiger partial charge in [-0.15, -0.1) is 0 Å². The smallest absolute Gasteiger partial charge is 0.251 e. The Labute approximate surface area is 243 Å². The number of carbonyl (C=O) groups is 2. The molecule has 4 aromatic rings. The highest BCUT2D eigenvalue weighted by molar-refractivity contribution is 6.42. The fraction of sp³-hybridized carbons (Fsp3) is 0.219. The Kier molecular flexibility index (Phi) is 7.32. The van der Waals surface area contributed by atoms with Crippen LogP contribution in [0.4, 0.5) is 0 Å². The van der Waals surface area contributed by atoms with Crippen LogP contribution >= 0.6 is 23.2 Å². The summed E-state index contributed by atoms with van der Waals surface area (Å²) in [6.45, 7) is 2.75. The van der Waals surface area contributed by atoms with Crippen molar-refractivity contribution in [1.29, 1.82) is 0 Å². The van der Waals surface area contributed by atoms with E-state index in [0.29, 0.717) is 27.6 Å². The minimum Gasteiger partial charge on any atom is -0.366 e. The summed E-state index contributed by atoms with van der Waals surface area (Å²) in [7, 11) is 0. The summed E-state index contributed by atoms with van der Waals surface area (Å²) in [5.41, 5.74) is 13.6. The predicted molar refractivity (Wildman–Crippen MR) is 159 cm³/mol. The number of amides is 2. The molecule has 0 unspecified atom stereocenters. The molecule has 0 spiro atoms. The lowest BCUT2D eigenvalue weighted by Gasteiger charge is -2.32. The molecule has 0 radical (unpaired) electrons. The molecule has 1 aliphatic carbocycles. The third-order valence-corrected chi connectivity index (χ3v) is 8.62. The number of nitrogens with zero attached hydrogens (tertiary/aromatic N) is 2. The molecule has 8 heteroatoms. The van der Waals surface area contributed by atoms with Crippen molar-refractivity contribution in [3.8, 4) is 22.3 Å². The number of fused-ring (bicyclic) bond motifs is 3. The van der Waals surface area contributed by atoms with Crippen LogP contribution in [0.3, 0.4) is 0 Å². The number of nitrogens with two attached hydrogens (primary N) is 1. The SMILES string of the molecule is NC(=O)c1cc(-c2ccc(Cl)c(Cl)c2)cc2c1Cc1ccc(C(=O)NC3CCN(Cc4ccncc4)CC3)cc1-2. The Morgan fingerprint density at radius 1 is 0.900 bits per heavy atom. The number of aromatic nitrogens is 1. The van der Waals surface area contributed by atoms with E-state index in [1.807, 2.05) is 54.9 Å². The molecule has 1 fully saturated rings. The van der Waals surface area contributed by atoms with Gasteiger partial charge in [-0.25, -0.2) is 0 Å². The molecular formula is C32H28Cl2N4O2. The summed E-state index contributed by atoms with van der Waals surface area (Å²) >= 11 is 12.4. The number of hydrogen-bond acceptors (Lipinski definition) is 4. The van der Waals surface area contributed by atoms with E-state index in [2.05, 4.69) is 15.2 Å². The monoisotopic (exact) mass is 570 g/mol. The highest BCUT2D eigenvalue weighted by Gasteiger charge is 2.27. The molecule has 0 bridgehead atoms. The summed E-state index contributed by atoms with van der Waals surface area (Å²) in [6, 6.07) is 19.2. The molecule has 6 nitrogen and oxygen atoms in total. The molecule has 0 saturated carbocycles. The molecule has 2 heterocycles. The number of halogens is 2. The quantitative estimate of drug-likeness (QED) is 0.257. The third kappa shape index (κ3) is 5.35. The van der Waals surface area contributed by atoms with Gasteiger partial charge in [0.2, 0.25) is 5.91 Å². The number of rotatable bonds is 6. The Hall–Kier alpha value is -3.71. The molecule has 1 aliphatic heterocycles. The first kappa shape index (κ1) is 26.5. The maximum Gasteiger partial charge on any atom is 0.251 e. The first-order valence-electron chi connectivity index (χ1n) is 13.3.